The van der Waals surface area contributed by atoms with Crippen LogP contribution in [0.5, 0.6) is 0 Å². The third-order valence-electron chi connectivity index (χ3n) is 31.4. The maximum Gasteiger partial charge on any atom is 0.305 e. The lowest BCUT2D eigenvalue weighted by atomic mass is 9.63. The van der Waals surface area contributed by atoms with Crippen molar-refractivity contribution in [2.75, 3.05) is 79.3 Å². The van der Waals surface area contributed by atoms with Gasteiger partial charge in [-0.2, -0.15) is 0 Å². The van der Waals surface area contributed by atoms with E-state index in [2.05, 4.69) is 102 Å². The highest BCUT2D eigenvalue weighted by atomic mass is 16.6. The zero-order valence-electron chi connectivity index (χ0n) is 93.0. The summed E-state index contributed by atoms with van der Waals surface area (Å²) in [6.45, 7) is 20.8. The van der Waals surface area contributed by atoms with E-state index < -0.39 is 0 Å². The van der Waals surface area contributed by atoms with Crippen molar-refractivity contribution >= 4 is 35.8 Å². The second-order valence-electron chi connectivity index (χ2n) is 44.5. The molecule has 18 heteroatoms. The minimum atomic E-state index is -0.0809. The number of allylic oxidation sites excluding steroid dienone is 14. The first-order valence-corrected chi connectivity index (χ1v) is 61.2. The van der Waals surface area contributed by atoms with Crippen LogP contribution in [0, 0.1) is 47.3 Å². The van der Waals surface area contributed by atoms with Crippen LogP contribution in [-0.2, 0) is 85.6 Å². The molecule has 3 aliphatic carbocycles. The van der Waals surface area contributed by atoms with Crippen molar-refractivity contribution in [1.29, 1.82) is 0 Å². The number of unbranched alkanes of at least 4 members (excludes halogenated alkanes) is 40. The maximum atomic E-state index is 12.0. The maximum absolute atomic E-state index is 12.0. The SMILES string of the molecule is CCCCCC=CCC1C(CCCCCC)CC=C(CCCCCCCC(=O)OCC2CO2)C1CCCCCCCC(=O)OCC1CO1.CCCCCC=CCC=C(CCCCCCCC(=O)OCC1CO1)C(CCC=CCCCCC)CCCCCCCC(=O)OCC1CO1.CCCCCCC1C=C2C(CC=C(CCCCCCCC(=O)OCC3CO3)C2CCCCCCCC(=O)OCC2CO2)CC1CCCC. The van der Waals surface area contributed by atoms with Crippen LogP contribution in [-0.4, -0.2) is 152 Å². The second-order valence-corrected chi connectivity index (χ2v) is 44.5. The molecule has 9 rings (SSSR count). The quantitative estimate of drug-likeness (QED) is 0.0181. The van der Waals surface area contributed by atoms with Crippen molar-refractivity contribution in [3.05, 3.63) is 83.1 Å². The molecule has 6 heterocycles. The van der Waals surface area contributed by atoms with Gasteiger partial charge in [0, 0.05) is 44.4 Å². The van der Waals surface area contributed by atoms with Gasteiger partial charge < -0.3 is 56.8 Å². The molecule has 0 spiro atoms. The van der Waals surface area contributed by atoms with Crippen molar-refractivity contribution in [3.8, 4) is 0 Å². The molecule has 0 radical (unpaired) electrons. The van der Waals surface area contributed by atoms with Gasteiger partial charge in [0.15, 0.2) is 0 Å². The Kier molecular flexibility index (Phi) is 73.6. The van der Waals surface area contributed by atoms with Crippen LogP contribution < -0.4 is 0 Å². The zero-order chi connectivity index (χ0) is 102. The molecule has 0 N–H and O–H groups in total. The fraction of sp³-hybridized carbons (Fsp3) is 0.841. The van der Waals surface area contributed by atoms with Gasteiger partial charge in [-0.3, -0.25) is 28.8 Å². The van der Waals surface area contributed by atoms with Gasteiger partial charge in [-0.25, -0.2) is 0 Å². The summed E-state index contributed by atoms with van der Waals surface area (Å²) >= 11 is 0. The normalized spacial score (nSPS) is 22.4. The number of esters is 6. The van der Waals surface area contributed by atoms with Gasteiger partial charge in [0.25, 0.3) is 0 Å². The van der Waals surface area contributed by atoms with Crippen molar-refractivity contribution in [2.45, 2.75) is 553 Å². The van der Waals surface area contributed by atoms with E-state index in [0.29, 0.717) is 95.9 Å². The molecule has 14 atom stereocenters. The highest BCUT2D eigenvalue weighted by Gasteiger charge is 2.39. The molecule has 6 saturated heterocycles. The zero-order valence-corrected chi connectivity index (χ0v) is 93.0. The number of hydrogen-bond donors (Lipinski definition) is 0. The molecule has 826 valence electrons. The standard InChI is InChI=1S/C42H70O6.2C42H72O6/c1-3-5-7-14-21-35-28-40-36(27-34(35)19-6-4-2)26-25-33(20-15-10-8-12-17-23-41(43)47-31-37-29-45-37)39(40)22-16-11-9-13-18-24-42(44)48-32-38-30-46-38;1-3-5-7-9-13-19-25-39-35(23-17-8-6-4-2)29-30-36(24-18-12-10-15-21-27-41(43)47-33-37-31-45-37)40(39)26-20-14-11-16-22-28-42(44)48-34-38-32-46-38;1-3-5-7-9-11-15-21-27-37(29-23-17-13-19-25-31-41(43)47-35-39-33-45-39)38(28-22-16-12-10-8-6-4-2)30-24-18-14-20-26-32-42(44)48-36-40-34-46-40/h25,28,34-39H,3-24,26-27,29-32H2,1-2H3;13,19,30,35,37-40H,3-12,14-18,20-29,31-34H2,1-2H3;11-12,15-16,27,38-40H,3-10,13-14,17-26,28-36H2,1-2H3. The number of hydrogen-bond acceptors (Lipinski definition) is 18. The molecule has 144 heavy (non-hydrogen) atoms. The first-order valence-electron chi connectivity index (χ1n) is 61.2. The Labute approximate surface area is 879 Å². The number of carbonyl (C=O) groups excluding carboxylic acids is 6. The summed E-state index contributed by atoms with van der Waals surface area (Å²) in [4.78, 5) is 71.6. The highest BCUT2D eigenvalue weighted by Crippen LogP contribution is 2.50. The Bertz CT molecular complexity index is 3470. The largest absolute Gasteiger partial charge is 0.463 e. The van der Waals surface area contributed by atoms with E-state index in [4.69, 9.17) is 56.8 Å². The predicted molar refractivity (Wildman–Crippen MR) is 588 cm³/mol. The average Bonchev–Trinajstić information content (AvgIpc) is 1.29. The van der Waals surface area contributed by atoms with Crippen LogP contribution in [0.4, 0.5) is 0 Å². The molecule has 0 saturated carbocycles. The van der Waals surface area contributed by atoms with E-state index in [-0.39, 0.29) is 72.4 Å². The third kappa shape index (κ3) is 66.5. The summed E-state index contributed by atoms with van der Waals surface area (Å²) in [5.41, 5.74) is 6.96. The Morgan fingerprint density at radius 3 is 1.08 bits per heavy atom. The molecule has 18 nitrogen and oxygen atoms in total. The van der Waals surface area contributed by atoms with Crippen molar-refractivity contribution in [2.24, 2.45) is 47.3 Å². The van der Waals surface area contributed by atoms with Crippen LogP contribution in [0.1, 0.15) is 517 Å². The minimum Gasteiger partial charge on any atom is -0.463 e. The van der Waals surface area contributed by atoms with E-state index in [1.54, 1.807) is 16.7 Å². The van der Waals surface area contributed by atoms with Crippen molar-refractivity contribution in [1.82, 2.24) is 0 Å². The lowest BCUT2D eigenvalue weighted by Gasteiger charge is -2.42. The topological polar surface area (TPSA) is 233 Å². The van der Waals surface area contributed by atoms with Gasteiger partial charge in [0.2, 0.25) is 0 Å². The monoisotopic (exact) mass is 2020 g/mol. The van der Waals surface area contributed by atoms with Crippen molar-refractivity contribution in [3.63, 3.8) is 0 Å². The molecule has 9 aliphatic rings. The first-order chi connectivity index (χ1) is 70.8. The number of rotatable bonds is 93. The lowest BCUT2D eigenvalue weighted by molar-refractivity contribution is -0.145. The second kappa shape index (κ2) is 84.4. The molecule has 0 aromatic carbocycles. The van der Waals surface area contributed by atoms with E-state index in [1.165, 1.54) is 347 Å². The summed E-state index contributed by atoms with van der Waals surface area (Å²) in [6.07, 6.45) is 113. The first kappa shape index (κ1) is 126. The van der Waals surface area contributed by atoms with Gasteiger partial charge in [-0.15, -0.1) is 0 Å². The summed E-state index contributed by atoms with van der Waals surface area (Å²) in [6, 6.07) is 0. The van der Waals surface area contributed by atoms with Crippen molar-refractivity contribution < 1.29 is 85.6 Å². The molecule has 0 aromatic rings. The molecule has 6 aliphatic heterocycles. The van der Waals surface area contributed by atoms with Gasteiger partial charge in [-0.1, -0.05) is 362 Å². The van der Waals surface area contributed by atoms with Crippen LogP contribution >= 0.6 is 0 Å². The molecular formula is C126H214O18. The summed E-state index contributed by atoms with van der Waals surface area (Å²) < 4.78 is 62.4. The Hall–Kier alpha value is -5.24. The van der Waals surface area contributed by atoms with Gasteiger partial charge >= 0.3 is 35.8 Å². The minimum absolute atomic E-state index is 0.0684. The van der Waals surface area contributed by atoms with Crippen LogP contribution in [0.2, 0.25) is 0 Å². The highest BCUT2D eigenvalue weighted by molar-refractivity contribution is 5.71. The molecule has 0 amide bonds. The number of carbonyl (C=O) groups is 6. The molecule has 0 aromatic heterocycles. The number of epoxide rings is 6. The smallest absolute Gasteiger partial charge is 0.305 e. The van der Waals surface area contributed by atoms with Crippen LogP contribution in [0.15, 0.2) is 83.1 Å². The fourth-order valence-electron chi connectivity index (χ4n) is 21.8. The number of fused-ring (bicyclic) bond motifs is 1. The van der Waals surface area contributed by atoms with Gasteiger partial charge in [0.1, 0.15) is 76.3 Å². The Morgan fingerprint density at radius 1 is 0.312 bits per heavy atom. The number of ether oxygens (including phenoxy) is 12. The molecular weight excluding hydrogens is 1800 g/mol. The van der Waals surface area contributed by atoms with Crippen LogP contribution in [0.25, 0.3) is 0 Å². The van der Waals surface area contributed by atoms with E-state index in [0.717, 1.165) is 159 Å². The third-order valence-corrected chi connectivity index (χ3v) is 31.4. The molecule has 14 unspecified atom stereocenters. The summed E-state index contributed by atoms with van der Waals surface area (Å²) in [5, 5.41) is 0. The predicted octanol–water partition coefficient (Wildman–Crippen LogP) is 32.9. The molecule has 6 fully saturated rings. The summed E-state index contributed by atoms with van der Waals surface area (Å²) in [7, 11) is 0. The van der Waals surface area contributed by atoms with E-state index >= 15 is 0 Å². The van der Waals surface area contributed by atoms with E-state index in [1.807, 2.05) is 5.57 Å². The molecule has 0 bridgehead atoms. The van der Waals surface area contributed by atoms with Gasteiger partial charge in [-0.05, 0) is 240 Å². The average molecular weight is 2020 g/mol. The van der Waals surface area contributed by atoms with Gasteiger partial charge in [0.05, 0.1) is 39.6 Å². The lowest BCUT2D eigenvalue weighted by Crippen LogP contribution is -2.30. The Balaban J connectivity index is 0.000000293. The Morgan fingerprint density at radius 2 is 0.646 bits per heavy atom. The summed E-state index contributed by atoms with van der Waals surface area (Å²) in [5.74, 6) is 5.54. The van der Waals surface area contributed by atoms with E-state index in [9.17, 15) is 28.8 Å². The van der Waals surface area contributed by atoms with Crippen LogP contribution in [0.3, 0.4) is 0 Å². The fourth-order valence-corrected chi connectivity index (χ4v) is 21.8.